The van der Waals surface area contributed by atoms with Gasteiger partial charge in [-0.1, -0.05) is 6.07 Å². The second kappa shape index (κ2) is 5.21. The quantitative estimate of drug-likeness (QED) is 0.869. The predicted octanol–water partition coefficient (Wildman–Crippen LogP) is 2.70. The number of aryl methyl sites for hydroxylation is 1. The Hall–Kier alpha value is -1.56. The minimum Gasteiger partial charge on any atom is -0.325 e. The maximum absolute atomic E-state index is 12.7. The third kappa shape index (κ3) is 3.26. The summed E-state index contributed by atoms with van der Waals surface area (Å²) in [6, 6.07) is 3.51. The third-order valence-corrected chi connectivity index (χ3v) is 3.19. The van der Waals surface area contributed by atoms with E-state index in [1.165, 1.54) is 19.1 Å². The van der Waals surface area contributed by atoms with Gasteiger partial charge >= 0.3 is 6.18 Å². The van der Waals surface area contributed by atoms with Gasteiger partial charge in [-0.25, -0.2) is 0 Å². The molecule has 3 nitrogen and oxygen atoms in total. The van der Waals surface area contributed by atoms with Crippen LogP contribution in [-0.4, -0.2) is 18.5 Å². The lowest BCUT2D eigenvalue weighted by atomic mass is 10.1. The van der Waals surface area contributed by atoms with Crippen molar-refractivity contribution in [2.24, 2.45) is 0 Å². The van der Waals surface area contributed by atoms with Gasteiger partial charge in [-0.3, -0.25) is 4.79 Å². The molecule has 1 atom stereocenters. The Bertz CT molecular complexity index is 479. The third-order valence-electron chi connectivity index (χ3n) is 3.19. The molecule has 1 aromatic rings. The first kappa shape index (κ1) is 13.9. The number of benzene rings is 1. The van der Waals surface area contributed by atoms with Crippen LogP contribution in [0.4, 0.5) is 18.9 Å². The first-order valence-electron chi connectivity index (χ1n) is 6.10. The first-order valence-corrected chi connectivity index (χ1v) is 6.10. The van der Waals surface area contributed by atoms with E-state index in [1.54, 1.807) is 0 Å². The highest BCUT2D eigenvalue weighted by Gasteiger charge is 2.32. The Morgan fingerprint density at radius 2 is 2.16 bits per heavy atom. The molecule has 1 fully saturated rings. The molecule has 2 N–H and O–H groups in total. The van der Waals surface area contributed by atoms with Crippen LogP contribution in [0.1, 0.15) is 24.0 Å². The summed E-state index contributed by atoms with van der Waals surface area (Å²) in [5.74, 6) is -0.283. The maximum Gasteiger partial charge on any atom is 0.416 e. The van der Waals surface area contributed by atoms with Crippen LogP contribution in [0.2, 0.25) is 0 Å². The number of hydrogen-bond acceptors (Lipinski definition) is 2. The molecule has 1 aliphatic heterocycles. The number of rotatable bonds is 2. The zero-order valence-corrected chi connectivity index (χ0v) is 10.5. The molecule has 2 rings (SSSR count). The van der Waals surface area contributed by atoms with Crippen LogP contribution >= 0.6 is 0 Å². The van der Waals surface area contributed by atoms with Gasteiger partial charge in [0, 0.05) is 5.69 Å². The summed E-state index contributed by atoms with van der Waals surface area (Å²) in [6.07, 6.45) is -2.79. The van der Waals surface area contributed by atoms with Crippen molar-refractivity contribution in [1.29, 1.82) is 0 Å². The molecular weight excluding hydrogens is 257 g/mol. The Morgan fingerprint density at radius 1 is 1.42 bits per heavy atom. The highest BCUT2D eigenvalue weighted by atomic mass is 19.4. The molecule has 1 amide bonds. The van der Waals surface area contributed by atoms with Crippen molar-refractivity contribution in [3.8, 4) is 0 Å². The zero-order chi connectivity index (χ0) is 14.0. The second-order valence-corrected chi connectivity index (χ2v) is 4.67. The minimum atomic E-state index is -4.41. The summed E-state index contributed by atoms with van der Waals surface area (Å²) < 4.78 is 38.2. The Morgan fingerprint density at radius 3 is 2.74 bits per heavy atom. The number of nitrogens with one attached hydrogen (secondary N) is 2. The Balaban J connectivity index is 2.15. The monoisotopic (exact) mass is 272 g/mol. The van der Waals surface area contributed by atoms with Crippen molar-refractivity contribution in [2.75, 3.05) is 11.9 Å². The number of hydrogen-bond donors (Lipinski definition) is 2. The van der Waals surface area contributed by atoms with Crippen molar-refractivity contribution in [3.05, 3.63) is 29.3 Å². The van der Waals surface area contributed by atoms with Crippen LogP contribution < -0.4 is 10.6 Å². The number of alkyl halides is 3. The topological polar surface area (TPSA) is 41.1 Å². The molecule has 0 radical (unpaired) electrons. The van der Waals surface area contributed by atoms with E-state index in [-0.39, 0.29) is 23.2 Å². The molecule has 6 heteroatoms. The van der Waals surface area contributed by atoms with Gasteiger partial charge in [0.1, 0.15) is 0 Å². The van der Waals surface area contributed by atoms with E-state index in [4.69, 9.17) is 0 Å². The first-order chi connectivity index (χ1) is 8.88. The molecule has 1 saturated heterocycles. The van der Waals surface area contributed by atoms with Crippen molar-refractivity contribution in [2.45, 2.75) is 32.0 Å². The van der Waals surface area contributed by atoms with Crippen molar-refractivity contribution in [1.82, 2.24) is 5.32 Å². The standard InChI is InChI=1S/C13H15F3N2O/c1-8-4-5-9(7-10(8)13(14,15)16)18-12(19)11-3-2-6-17-11/h4-5,7,11,17H,2-3,6H2,1H3,(H,18,19)/t11-/m1/s1. The predicted molar refractivity (Wildman–Crippen MR) is 65.8 cm³/mol. The lowest BCUT2D eigenvalue weighted by molar-refractivity contribution is -0.138. The van der Waals surface area contributed by atoms with Crippen LogP contribution in [0.25, 0.3) is 0 Å². The summed E-state index contributed by atoms with van der Waals surface area (Å²) >= 11 is 0. The van der Waals surface area contributed by atoms with Crippen molar-refractivity contribution < 1.29 is 18.0 Å². The van der Waals surface area contributed by atoms with E-state index >= 15 is 0 Å². The fourth-order valence-electron chi connectivity index (χ4n) is 2.14. The zero-order valence-electron chi connectivity index (χ0n) is 10.5. The van der Waals surface area contributed by atoms with E-state index in [2.05, 4.69) is 10.6 Å². The fourth-order valence-corrected chi connectivity index (χ4v) is 2.14. The van der Waals surface area contributed by atoms with E-state index in [0.29, 0.717) is 6.42 Å². The average molecular weight is 272 g/mol. The molecule has 104 valence electrons. The number of anilines is 1. The van der Waals surface area contributed by atoms with E-state index < -0.39 is 11.7 Å². The summed E-state index contributed by atoms with van der Waals surface area (Å²) in [5, 5.41) is 5.52. The van der Waals surface area contributed by atoms with Gasteiger partial charge in [-0.15, -0.1) is 0 Å². The largest absolute Gasteiger partial charge is 0.416 e. The molecule has 0 aliphatic carbocycles. The molecule has 0 aromatic heterocycles. The SMILES string of the molecule is Cc1ccc(NC(=O)[C@H]2CCCN2)cc1C(F)(F)F. The highest BCUT2D eigenvalue weighted by molar-refractivity contribution is 5.95. The van der Waals surface area contributed by atoms with Crippen molar-refractivity contribution >= 4 is 11.6 Å². The number of amides is 1. The minimum absolute atomic E-state index is 0.143. The van der Waals surface area contributed by atoms with E-state index in [1.807, 2.05) is 0 Å². The van der Waals surface area contributed by atoms with E-state index in [0.717, 1.165) is 19.0 Å². The normalized spacial score (nSPS) is 19.5. The van der Waals surface area contributed by atoms with Gasteiger partial charge in [0.2, 0.25) is 5.91 Å². The van der Waals surface area contributed by atoms with Gasteiger partial charge in [-0.2, -0.15) is 13.2 Å². The lowest BCUT2D eigenvalue weighted by Crippen LogP contribution is -2.35. The van der Waals surface area contributed by atoms with Crippen LogP contribution in [0, 0.1) is 6.92 Å². The van der Waals surface area contributed by atoms with Crippen LogP contribution in [-0.2, 0) is 11.0 Å². The van der Waals surface area contributed by atoms with Gasteiger partial charge in [-0.05, 0) is 44.0 Å². The van der Waals surface area contributed by atoms with Gasteiger partial charge < -0.3 is 10.6 Å². The molecule has 1 aromatic carbocycles. The average Bonchev–Trinajstić information content (AvgIpc) is 2.83. The molecule has 0 saturated carbocycles. The highest BCUT2D eigenvalue weighted by Crippen LogP contribution is 2.33. The smallest absolute Gasteiger partial charge is 0.325 e. The maximum atomic E-state index is 12.7. The molecule has 0 bridgehead atoms. The van der Waals surface area contributed by atoms with Gasteiger partial charge in [0.25, 0.3) is 0 Å². The molecule has 0 spiro atoms. The van der Waals surface area contributed by atoms with Gasteiger partial charge in [0.05, 0.1) is 11.6 Å². The summed E-state index contributed by atoms with van der Waals surface area (Å²) in [7, 11) is 0. The van der Waals surface area contributed by atoms with Crippen LogP contribution in [0.5, 0.6) is 0 Å². The molecule has 19 heavy (non-hydrogen) atoms. The van der Waals surface area contributed by atoms with E-state index in [9.17, 15) is 18.0 Å². The summed E-state index contributed by atoms with van der Waals surface area (Å²) in [4.78, 5) is 11.8. The molecular formula is C13H15F3N2O. The molecule has 1 heterocycles. The Kier molecular flexibility index (Phi) is 3.80. The fraction of sp³-hybridized carbons (Fsp3) is 0.462. The van der Waals surface area contributed by atoms with Gasteiger partial charge in [0.15, 0.2) is 0 Å². The molecule has 1 aliphatic rings. The summed E-state index contributed by atoms with van der Waals surface area (Å²) in [5.41, 5.74) is -0.397. The van der Waals surface area contributed by atoms with Crippen LogP contribution in [0.3, 0.4) is 0 Å². The van der Waals surface area contributed by atoms with Crippen molar-refractivity contribution in [3.63, 3.8) is 0 Å². The number of carbonyl (C=O) groups is 1. The number of carbonyl (C=O) groups excluding carboxylic acids is 1. The Labute approximate surface area is 109 Å². The van der Waals surface area contributed by atoms with Crippen LogP contribution in [0.15, 0.2) is 18.2 Å². The lowest BCUT2D eigenvalue weighted by Gasteiger charge is -2.14. The number of halogens is 3. The second-order valence-electron chi connectivity index (χ2n) is 4.67. The summed E-state index contributed by atoms with van der Waals surface area (Å²) in [6.45, 7) is 2.16. The molecule has 0 unspecified atom stereocenters.